The van der Waals surface area contributed by atoms with Crippen molar-refractivity contribution in [3.63, 3.8) is 0 Å². The summed E-state index contributed by atoms with van der Waals surface area (Å²) < 4.78 is 6.22. The van der Waals surface area contributed by atoms with Gasteiger partial charge < -0.3 is 4.74 Å². The number of allylic oxidation sites excluding steroid dienone is 2. The van der Waals surface area contributed by atoms with Crippen molar-refractivity contribution in [1.29, 1.82) is 0 Å². The number of hydrogen-bond acceptors (Lipinski definition) is 3. The first kappa shape index (κ1) is 20.8. The molecule has 31 heavy (non-hydrogen) atoms. The van der Waals surface area contributed by atoms with Gasteiger partial charge in [0.2, 0.25) is 0 Å². The van der Waals surface area contributed by atoms with E-state index in [0.717, 1.165) is 22.3 Å². The normalized spacial score (nSPS) is 18.7. The minimum atomic E-state index is -1.11. The number of carbonyl (C=O) groups excluding carboxylic acids is 2. The van der Waals surface area contributed by atoms with E-state index in [1.165, 1.54) is 0 Å². The standard InChI is InChI=1S/C28H26O3/c1-20(2)18-24(21-12-6-3-7-13-21)26-25(29)19-28(31-27(26)30,22-14-8-4-9-15-22)23-16-10-5-11-17-23/h3-18,24,26H,19H2,1-2H3. The Hall–Kier alpha value is -3.46. The van der Waals surface area contributed by atoms with Crippen molar-refractivity contribution in [3.05, 3.63) is 119 Å². The van der Waals surface area contributed by atoms with Crippen molar-refractivity contribution in [2.45, 2.75) is 31.8 Å². The Kier molecular flexibility index (Phi) is 5.85. The molecule has 0 saturated carbocycles. The average molecular weight is 411 g/mol. The molecule has 0 aliphatic carbocycles. The van der Waals surface area contributed by atoms with Gasteiger partial charge in [-0.05, 0) is 19.4 Å². The SMILES string of the molecule is CC(C)=CC(c1ccccc1)C1C(=O)CC(c2ccccc2)(c2ccccc2)OC1=O. The van der Waals surface area contributed by atoms with Gasteiger partial charge in [-0.3, -0.25) is 9.59 Å². The van der Waals surface area contributed by atoms with Crippen LogP contribution < -0.4 is 0 Å². The fourth-order valence-corrected chi connectivity index (χ4v) is 4.43. The molecule has 3 heteroatoms. The van der Waals surface area contributed by atoms with E-state index in [4.69, 9.17) is 4.74 Å². The number of benzene rings is 3. The fourth-order valence-electron chi connectivity index (χ4n) is 4.43. The number of Topliss-reactive ketones (excluding diaryl/α,β-unsaturated/α-hetero) is 1. The zero-order chi connectivity index (χ0) is 21.8. The zero-order valence-corrected chi connectivity index (χ0v) is 17.8. The van der Waals surface area contributed by atoms with Gasteiger partial charge in [0.05, 0.1) is 6.42 Å². The lowest BCUT2D eigenvalue weighted by atomic mass is 9.73. The topological polar surface area (TPSA) is 43.4 Å². The van der Waals surface area contributed by atoms with Gasteiger partial charge in [-0.15, -0.1) is 0 Å². The van der Waals surface area contributed by atoms with Crippen LogP contribution in [0.25, 0.3) is 0 Å². The largest absolute Gasteiger partial charge is 0.448 e. The van der Waals surface area contributed by atoms with E-state index in [9.17, 15) is 9.59 Å². The highest BCUT2D eigenvalue weighted by atomic mass is 16.6. The lowest BCUT2D eigenvalue weighted by molar-refractivity contribution is -0.174. The number of cyclic esters (lactones) is 1. The smallest absolute Gasteiger partial charge is 0.318 e. The third kappa shape index (κ3) is 4.09. The predicted molar refractivity (Wildman–Crippen MR) is 121 cm³/mol. The molecule has 3 aromatic rings. The summed E-state index contributed by atoms with van der Waals surface area (Å²) in [6, 6.07) is 28.8. The molecule has 2 unspecified atom stereocenters. The molecule has 0 radical (unpaired) electrons. The second-order valence-electron chi connectivity index (χ2n) is 8.28. The third-order valence-electron chi connectivity index (χ3n) is 5.84. The van der Waals surface area contributed by atoms with Crippen molar-refractivity contribution in [2.75, 3.05) is 0 Å². The molecule has 0 N–H and O–H groups in total. The summed E-state index contributed by atoms with van der Waals surface area (Å²) in [5, 5.41) is 0. The van der Waals surface area contributed by atoms with Gasteiger partial charge in [0, 0.05) is 17.0 Å². The van der Waals surface area contributed by atoms with E-state index in [1.807, 2.05) is 111 Å². The second kappa shape index (κ2) is 8.73. The molecule has 0 spiro atoms. The highest BCUT2D eigenvalue weighted by molar-refractivity contribution is 6.03. The number of ether oxygens (including phenoxy) is 1. The van der Waals surface area contributed by atoms with Crippen molar-refractivity contribution in [1.82, 2.24) is 0 Å². The van der Waals surface area contributed by atoms with Crippen LogP contribution in [-0.4, -0.2) is 11.8 Å². The summed E-state index contributed by atoms with van der Waals surface area (Å²) in [6.45, 7) is 3.96. The Morgan fingerprint density at radius 1 is 0.839 bits per heavy atom. The summed E-state index contributed by atoms with van der Waals surface area (Å²) in [7, 11) is 0. The van der Waals surface area contributed by atoms with E-state index < -0.39 is 17.5 Å². The van der Waals surface area contributed by atoms with E-state index in [1.54, 1.807) is 0 Å². The van der Waals surface area contributed by atoms with Gasteiger partial charge in [0.25, 0.3) is 0 Å². The van der Waals surface area contributed by atoms with Gasteiger partial charge >= 0.3 is 5.97 Å². The molecule has 4 rings (SSSR count). The van der Waals surface area contributed by atoms with Crippen molar-refractivity contribution >= 4 is 11.8 Å². The van der Waals surface area contributed by atoms with Crippen molar-refractivity contribution in [3.8, 4) is 0 Å². The summed E-state index contributed by atoms with van der Waals surface area (Å²) in [6.07, 6.45) is 2.11. The minimum Gasteiger partial charge on any atom is -0.448 e. The van der Waals surface area contributed by atoms with E-state index in [-0.39, 0.29) is 18.1 Å². The zero-order valence-electron chi connectivity index (χ0n) is 17.8. The molecule has 1 heterocycles. The van der Waals surface area contributed by atoms with Crippen molar-refractivity contribution in [2.24, 2.45) is 5.92 Å². The van der Waals surface area contributed by atoms with Gasteiger partial charge in [-0.25, -0.2) is 0 Å². The van der Waals surface area contributed by atoms with Crippen LogP contribution in [0.4, 0.5) is 0 Å². The van der Waals surface area contributed by atoms with E-state index in [0.29, 0.717) is 0 Å². The number of carbonyl (C=O) groups is 2. The molecule has 3 nitrogen and oxygen atoms in total. The number of hydrogen-bond donors (Lipinski definition) is 0. The summed E-state index contributed by atoms with van der Waals surface area (Å²) in [5.41, 5.74) is 2.49. The molecule has 156 valence electrons. The van der Waals surface area contributed by atoms with E-state index in [2.05, 4.69) is 0 Å². The van der Waals surface area contributed by atoms with Gasteiger partial charge in [0.15, 0.2) is 11.4 Å². The van der Waals surface area contributed by atoms with Gasteiger partial charge in [0.1, 0.15) is 5.92 Å². The number of rotatable bonds is 5. The molecule has 0 aromatic heterocycles. The Morgan fingerprint density at radius 2 is 1.32 bits per heavy atom. The molecule has 3 aromatic carbocycles. The molecule has 1 fully saturated rings. The average Bonchev–Trinajstić information content (AvgIpc) is 2.79. The third-order valence-corrected chi connectivity index (χ3v) is 5.84. The predicted octanol–water partition coefficient (Wildman–Crippen LogP) is 5.81. The van der Waals surface area contributed by atoms with Crippen LogP contribution in [-0.2, 0) is 19.9 Å². The highest BCUT2D eigenvalue weighted by Gasteiger charge is 2.51. The maximum absolute atomic E-state index is 13.6. The Balaban J connectivity index is 1.79. The van der Waals surface area contributed by atoms with Crippen LogP contribution in [0.1, 0.15) is 42.9 Å². The quantitative estimate of drug-likeness (QED) is 0.303. The highest BCUT2D eigenvalue weighted by Crippen LogP contribution is 2.45. The Bertz CT molecular complexity index is 1020. The second-order valence-corrected chi connectivity index (χ2v) is 8.28. The van der Waals surface area contributed by atoms with Crippen LogP contribution in [0.15, 0.2) is 103 Å². The monoisotopic (exact) mass is 410 g/mol. The first-order chi connectivity index (χ1) is 15.0. The first-order valence-corrected chi connectivity index (χ1v) is 10.6. The molecule has 1 aliphatic heterocycles. The fraction of sp³-hybridized carbons (Fsp3) is 0.214. The molecule has 0 amide bonds. The summed E-state index contributed by atoms with van der Waals surface area (Å²) in [4.78, 5) is 27.1. The maximum Gasteiger partial charge on any atom is 0.318 e. The molecule has 1 saturated heterocycles. The maximum atomic E-state index is 13.6. The first-order valence-electron chi connectivity index (χ1n) is 10.6. The van der Waals surface area contributed by atoms with Crippen LogP contribution >= 0.6 is 0 Å². The number of ketones is 1. The summed E-state index contributed by atoms with van der Waals surface area (Å²) >= 11 is 0. The van der Waals surface area contributed by atoms with Gasteiger partial charge in [-0.1, -0.05) is 103 Å². The minimum absolute atomic E-state index is 0.102. The van der Waals surface area contributed by atoms with Crippen LogP contribution in [0, 0.1) is 5.92 Å². The molecule has 1 aliphatic rings. The lowest BCUT2D eigenvalue weighted by Crippen LogP contribution is -2.48. The molecular formula is C28H26O3. The Morgan fingerprint density at radius 3 is 1.77 bits per heavy atom. The van der Waals surface area contributed by atoms with Crippen LogP contribution in [0.2, 0.25) is 0 Å². The lowest BCUT2D eigenvalue weighted by Gasteiger charge is -2.41. The van der Waals surface area contributed by atoms with Crippen molar-refractivity contribution < 1.29 is 14.3 Å². The number of esters is 1. The molecular weight excluding hydrogens is 384 g/mol. The van der Waals surface area contributed by atoms with Gasteiger partial charge in [-0.2, -0.15) is 0 Å². The molecule has 2 atom stereocenters. The Labute approximate surface area is 183 Å². The molecule has 0 bridgehead atoms. The van der Waals surface area contributed by atoms with Crippen LogP contribution in [0.3, 0.4) is 0 Å². The van der Waals surface area contributed by atoms with Crippen LogP contribution in [0.5, 0.6) is 0 Å². The van der Waals surface area contributed by atoms with E-state index >= 15 is 0 Å². The summed E-state index contributed by atoms with van der Waals surface area (Å²) in [5.74, 6) is -1.79.